The molecule has 2 aromatic rings. The Hall–Kier alpha value is -2.02. The molecule has 0 atom stereocenters. The number of H-pyrrole nitrogens is 1. The molecule has 7 heteroatoms. The quantitative estimate of drug-likeness (QED) is 0.337. The molecule has 0 saturated carbocycles. The summed E-state index contributed by atoms with van der Waals surface area (Å²) in [6.45, 7) is 0. The second kappa shape index (κ2) is 8.58. The molecular weight excluding hydrogens is 358 g/mol. The number of aromatic amines is 1. The van der Waals surface area contributed by atoms with Crippen LogP contribution in [0.5, 0.6) is 0 Å². The van der Waals surface area contributed by atoms with Gasteiger partial charge in [0.05, 0.1) is 5.69 Å². The normalized spacial score (nSPS) is 13.7. The number of fused-ring (bicyclic) bond motifs is 1. The number of halogens is 2. The van der Waals surface area contributed by atoms with Gasteiger partial charge < -0.3 is 4.98 Å². The van der Waals surface area contributed by atoms with Crippen molar-refractivity contribution in [3.05, 3.63) is 57.0 Å². The summed E-state index contributed by atoms with van der Waals surface area (Å²) in [4.78, 5) is 31.5. The fourth-order valence-corrected chi connectivity index (χ4v) is 3.86. The predicted octanol–water partition coefficient (Wildman–Crippen LogP) is 4.34. The molecule has 3 rings (SSSR count). The largest absolute Gasteiger partial charge is 0.301 e. The Bertz CT molecular complexity index is 852. The SMILES string of the molecule is O=C(CCCSc1nc2c(c(=O)[nH]1)CCCC2)c1cccc(C(F)F)c1. The number of carbonyl (C=O) groups excluding carboxylic acids is 1. The van der Waals surface area contributed by atoms with Crippen LogP contribution in [0.3, 0.4) is 0 Å². The van der Waals surface area contributed by atoms with Crippen LogP contribution in [0.2, 0.25) is 0 Å². The van der Waals surface area contributed by atoms with Gasteiger partial charge in [0.15, 0.2) is 10.9 Å². The van der Waals surface area contributed by atoms with E-state index in [9.17, 15) is 18.4 Å². The number of rotatable bonds is 7. The van der Waals surface area contributed by atoms with E-state index >= 15 is 0 Å². The molecule has 0 unspecified atom stereocenters. The average molecular weight is 378 g/mol. The van der Waals surface area contributed by atoms with Crippen molar-refractivity contribution in [3.8, 4) is 0 Å². The Morgan fingerprint density at radius 3 is 2.88 bits per heavy atom. The number of nitrogens with zero attached hydrogens (tertiary/aromatic N) is 1. The summed E-state index contributed by atoms with van der Waals surface area (Å²) < 4.78 is 25.4. The van der Waals surface area contributed by atoms with Crippen molar-refractivity contribution in [2.45, 2.75) is 50.1 Å². The Balaban J connectivity index is 1.53. The first-order valence-electron chi connectivity index (χ1n) is 8.71. The minimum atomic E-state index is -2.58. The number of alkyl halides is 2. The molecule has 0 amide bonds. The van der Waals surface area contributed by atoms with Gasteiger partial charge in [0.1, 0.15) is 0 Å². The van der Waals surface area contributed by atoms with Gasteiger partial charge in [0, 0.05) is 28.9 Å². The summed E-state index contributed by atoms with van der Waals surface area (Å²) in [5.74, 6) is 0.474. The van der Waals surface area contributed by atoms with E-state index in [-0.39, 0.29) is 23.3 Å². The molecule has 1 N–H and O–H groups in total. The molecule has 4 nitrogen and oxygen atoms in total. The zero-order chi connectivity index (χ0) is 18.5. The summed E-state index contributed by atoms with van der Waals surface area (Å²) in [7, 11) is 0. The first-order valence-corrected chi connectivity index (χ1v) is 9.69. The summed E-state index contributed by atoms with van der Waals surface area (Å²) in [6, 6.07) is 5.60. The van der Waals surface area contributed by atoms with Crippen LogP contribution in [0.1, 0.15) is 59.3 Å². The lowest BCUT2D eigenvalue weighted by molar-refractivity contribution is 0.0981. The Morgan fingerprint density at radius 1 is 1.27 bits per heavy atom. The second-order valence-corrected chi connectivity index (χ2v) is 7.39. The third-order valence-electron chi connectivity index (χ3n) is 4.42. The smallest absolute Gasteiger partial charge is 0.263 e. The van der Waals surface area contributed by atoms with Crippen LogP contribution in [0, 0.1) is 0 Å². The molecule has 0 fully saturated rings. The first kappa shape index (κ1) is 18.8. The van der Waals surface area contributed by atoms with Gasteiger partial charge >= 0.3 is 0 Å². The van der Waals surface area contributed by atoms with Crippen molar-refractivity contribution < 1.29 is 13.6 Å². The minimum Gasteiger partial charge on any atom is -0.301 e. The zero-order valence-corrected chi connectivity index (χ0v) is 15.1. The van der Waals surface area contributed by atoms with Gasteiger partial charge in [-0.2, -0.15) is 0 Å². The average Bonchev–Trinajstić information content (AvgIpc) is 2.65. The van der Waals surface area contributed by atoms with Crippen molar-refractivity contribution in [1.29, 1.82) is 0 Å². The molecule has 1 aromatic heterocycles. The molecule has 0 radical (unpaired) electrons. The molecule has 26 heavy (non-hydrogen) atoms. The Morgan fingerprint density at radius 2 is 2.08 bits per heavy atom. The number of carbonyl (C=O) groups is 1. The third-order valence-corrected chi connectivity index (χ3v) is 5.38. The van der Waals surface area contributed by atoms with Crippen molar-refractivity contribution in [1.82, 2.24) is 9.97 Å². The van der Waals surface area contributed by atoms with Gasteiger partial charge in [-0.3, -0.25) is 9.59 Å². The van der Waals surface area contributed by atoms with E-state index in [1.807, 2.05) is 0 Å². The summed E-state index contributed by atoms with van der Waals surface area (Å²) in [6.07, 6.45) is 1.99. The maximum absolute atomic E-state index is 12.7. The highest BCUT2D eigenvalue weighted by Crippen LogP contribution is 2.22. The van der Waals surface area contributed by atoms with E-state index in [1.165, 1.54) is 30.0 Å². The molecule has 0 aliphatic heterocycles. The number of nitrogens with one attached hydrogen (secondary N) is 1. The molecular formula is C19H20F2N2O2S. The lowest BCUT2D eigenvalue weighted by atomic mass is 9.97. The molecule has 0 saturated heterocycles. The number of hydrogen-bond donors (Lipinski definition) is 1. The second-order valence-electron chi connectivity index (χ2n) is 6.30. The fourth-order valence-electron chi connectivity index (χ4n) is 3.04. The van der Waals surface area contributed by atoms with Crippen LogP contribution in [-0.4, -0.2) is 21.5 Å². The lowest BCUT2D eigenvalue weighted by Gasteiger charge is -2.14. The number of aryl methyl sites for hydroxylation is 1. The molecule has 0 bridgehead atoms. The van der Waals surface area contributed by atoms with E-state index in [0.29, 0.717) is 22.9 Å². The van der Waals surface area contributed by atoms with E-state index in [1.54, 1.807) is 6.07 Å². The van der Waals surface area contributed by atoms with Crippen LogP contribution < -0.4 is 5.56 Å². The molecule has 138 valence electrons. The Labute approximate surface area is 154 Å². The summed E-state index contributed by atoms with van der Waals surface area (Å²) in [5.41, 5.74) is 1.81. The van der Waals surface area contributed by atoms with Gasteiger partial charge in [0.25, 0.3) is 12.0 Å². The highest BCUT2D eigenvalue weighted by Gasteiger charge is 2.16. The molecule has 1 aromatic carbocycles. The highest BCUT2D eigenvalue weighted by molar-refractivity contribution is 7.99. The maximum atomic E-state index is 12.7. The van der Waals surface area contributed by atoms with Gasteiger partial charge in [-0.15, -0.1) is 0 Å². The number of benzene rings is 1. The van der Waals surface area contributed by atoms with Gasteiger partial charge in [-0.25, -0.2) is 13.8 Å². The van der Waals surface area contributed by atoms with Crippen LogP contribution >= 0.6 is 11.8 Å². The number of ketones is 1. The van der Waals surface area contributed by atoms with Gasteiger partial charge in [-0.05, 0) is 38.2 Å². The predicted molar refractivity (Wildman–Crippen MR) is 97.2 cm³/mol. The standard InChI is InChI=1S/C19H20F2N2O2S/c20-17(21)13-6-3-5-12(11-13)16(24)9-4-10-26-19-22-15-8-2-1-7-14(15)18(25)23-19/h3,5-6,11,17H,1-2,4,7-10H2,(H,22,23,25). The summed E-state index contributed by atoms with van der Waals surface area (Å²) in [5, 5.41) is 0.586. The highest BCUT2D eigenvalue weighted by atomic mass is 32.2. The fraction of sp³-hybridized carbons (Fsp3) is 0.421. The van der Waals surface area contributed by atoms with E-state index in [0.717, 1.165) is 36.9 Å². The van der Waals surface area contributed by atoms with Crippen LogP contribution in [0.25, 0.3) is 0 Å². The summed E-state index contributed by atoms with van der Waals surface area (Å²) >= 11 is 1.41. The molecule has 1 aliphatic carbocycles. The number of Topliss-reactive ketones (excluding diaryl/α,β-unsaturated/α-hetero) is 1. The third kappa shape index (κ3) is 4.58. The zero-order valence-electron chi connectivity index (χ0n) is 14.3. The van der Waals surface area contributed by atoms with E-state index < -0.39 is 6.43 Å². The minimum absolute atomic E-state index is 0.0582. The molecule has 1 heterocycles. The number of hydrogen-bond acceptors (Lipinski definition) is 4. The Kier molecular flexibility index (Phi) is 6.19. The number of thioether (sulfide) groups is 1. The van der Waals surface area contributed by atoms with Crippen LogP contribution in [0.15, 0.2) is 34.2 Å². The van der Waals surface area contributed by atoms with Crippen molar-refractivity contribution in [3.63, 3.8) is 0 Å². The molecule has 0 spiro atoms. The van der Waals surface area contributed by atoms with Crippen LogP contribution in [0.4, 0.5) is 8.78 Å². The van der Waals surface area contributed by atoms with E-state index in [4.69, 9.17) is 0 Å². The van der Waals surface area contributed by atoms with Crippen molar-refractivity contribution >= 4 is 17.5 Å². The van der Waals surface area contributed by atoms with Gasteiger partial charge in [0.2, 0.25) is 0 Å². The topological polar surface area (TPSA) is 62.8 Å². The first-order chi connectivity index (χ1) is 12.5. The van der Waals surface area contributed by atoms with Gasteiger partial charge in [-0.1, -0.05) is 30.0 Å². The van der Waals surface area contributed by atoms with E-state index in [2.05, 4.69) is 9.97 Å². The number of aromatic nitrogens is 2. The molecule has 1 aliphatic rings. The van der Waals surface area contributed by atoms with Crippen LogP contribution in [-0.2, 0) is 12.8 Å². The lowest BCUT2D eigenvalue weighted by Crippen LogP contribution is -2.21. The maximum Gasteiger partial charge on any atom is 0.263 e. The van der Waals surface area contributed by atoms with Crippen molar-refractivity contribution in [2.75, 3.05) is 5.75 Å². The monoisotopic (exact) mass is 378 g/mol. The van der Waals surface area contributed by atoms with Crippen molar-refractivity contribution in [2.24, 2.45) is 0 Å².